The van der Waals surface area contributed by atoms with Crippen LogP contribution in [0.25, 0.3) is 44.7 Å². The van der Waals surface area contributed by atoms with Crippen molar-refractivity contribution < 1.29 is 29.6 Å². The molecule has 0 saturated carbocycles. The number of benzene rings is 1. The number of aromatic carboxylic acids is 1. The maximum Gasteiger partial charge on any atom is 0.354 e. The van der Waals surface area contributed by atoms with Gasteiger partial charge in [-0.25, -0.2) is 29.7 Å². The van der Waals surface area contributed by atoms with E-state index in [0.717, 1.165) is 71.4 Å². The number of hydrogen-bond acceptors (Lipinski definition) is 15. The lowest BCUT2D eigenvalue weighted by Crippen LogP contribution is -2.62. The zero-order valence-electron chi connectivity index (χ0n) is 31.9. The number of aromatic hydroxyl groups is 1. The second-order valence-electron chi connectivity index (χ2n) is 15.4. The van der Waals surface area contributed by atoms with Gasteiger partial charge in [0.25, 0.3) is 5.69 Å². The van der Waals surface area contributed by atoms with Gasteiger partial charge in [0.1, 0.15) is 17.0 Å². The summed E-state index contributed by atoms with van der Waals surface area (Å²) >= 11 is 0. The van der Waals surface area contributed by atoms with Crippen LogP contribution >= 0.6 is 0 Å². The summed E-state index contributed by atoms with van der Waals surface area (Å²) in [6.07, 6.45) is 6.37. The highest BCUT2D eigenvalue weighted by molar-refractivity contribution is 5.98. The van der Waals surface area contributed by atoms with Gasteiger partial charge in [-0.1, -0.05) is 12.1 Å². The number of carbonyl (C=O) groups is 2. The summed E-state index contributed by atoms with van der Waals surface area (Å²) in [5.74, 6) is -1.93. The molecule has 0 spiro atoms. The normalized spacial score (nSPS) is 18.5. The molecule has 1 aromatic carbocycles. The Morgan fingerprint density at radius 3 is 2.20 bits per heavy atom. The van der Waals surface area contributed by atoms with Gasteiger partial charge < -0.3 is 31.1 Å². The number of phenolic OH excluding ortho intramolecular Hbond substituents is 1. The Hall–Kier alpha value is -7.09. The van der Waals surface area contributed by atoms with E-state index < -0.39 is 39.0 Å². The van der Waals surface area contributed by atoms with E-state index in [1.807, 2.05) is 25.3 Å². The van der Waals surface area contributed by atoms with Crippen molar-refractivity contribution in [2.75, 3.05) is 18.4 Å². The first-order chi connectivity index (χ1) is 28.9. The monoisotopic (exact) mass is 808 g/mol. The van der Waals surface area contributed by atoms with Crippen LogP contribution < -0.4 is 16.0 Å². The van der Waals surface area contributed by atoms with Crippen molar-refractivity contribution in [2.24, 2.45) is 0 Å². The Morgan fingerprint density at radius 2 is 1.47 bits per heavy atom. The highest BCUT2D eigenvalue weighted by atomic mass is 16.6. The van der Waals surface area contributed by atoms with Crippen LogP contribution in [0.15, 0.2) is 48.7 Å². The number of rotatable bonds is 6. The summed E-state index contributed by atoms with van der Waals surface area (Å²) in [4.78, 5) is 72.7. The molecule has 302 valence electrons. The molecule has 0 bridgehead atoms. The van der Waals surface area contributed by atoms with Crippen LogP contribution in [0.1, 0.15) is 62.8 Å². The third-order valence-electron chi connectivity index (χ3n) is 12.0. The first kappa shape index (κ1) is 37.2. The Bertz CT molecular complexity index is 2910. The lowest BCUT2D eigenvalue weighted by atomic mass is 9.90. The van der Waals surface area contributed by atoms with E-state index in [2.05, 4.69) is 36.9 Å². The first-order valence-corrected chi connectivity index (χ1v) is 19.4. The first-order valence-electron chi connectivity index (χ1n) is 19.4. The SMILES string of the molecule is Cc1c(C2CCN3CCC(C(=O)Nc4ccc5c(n4)-c4nc6c(O)c([N+](=O)[O-])cc([N+](=O)[O-])c6cc4CC5)N[C-]3N2)cnc2nc3c(cc12)CCc1ccc(C(=O)O)nc1-3. The van der Waals surface area contributed by atoms with Crippen molar-refractivity contribution in [1.29, 1.82) is 0 Å². The second-order valence-corrected chi connectivity index (χ2v) is 15.4. The van der Waals surface area contributed by atoms with Crippen LogP contribution in [0, 0.1) is 33.4 Å². The minimum absolute atomic E-state index is 0.0194. The van der Waals surface area contributed by atoms with E-state index in [1.165, 1.54) is 12.1 Å². The minimum atomic E-state index is -1.09. The zero-order valence-corrected chi connectivity index (χ0v) is 31.9. The summed E-state index contributed by atoms with van der Waals surface area (Å²) in [6, 6.07) is 10.5. The van der Waals surface area contributed by atoms with Crippen LogP contribution in [0.3, 0.4) is 0 Å². The van der Waals surface area contributed by atoms with Crippen molar-refractivity contribution in [3.8, 4) is 28.5 Å². The summed E-state index contributed by atoms with van der Waals surface area (Å²) < 4.78 is 0. The fraction of sp³-hybridized carbons (Fsp3) is 0.268. The van der Waals surface area contributed by atoms with Gasteiger partial charge >= 0.3 is 11.7 Å². The molecule has 7 heterocycles. The smallest absolute Gasteiger partial charge is 0.354 e. The van der Waals surface area contributed by atoms with Gasteiger partial charge in [-0.05, 0) is 116 Å². The standard InChI is InChI=1S/C41H34N11O8/c1-18-23-14-21-4-2-19-6-8-28(40(55)56)43-32(19)35(21)49-38(23)42-17-25(18)26-10-12-50-13-11-27(45-41(50)44-26)39(54)47-31-9-7-20-3-5-22-15-24-29(51(57)58)16-30(52(59)60)37(53)36(24)48-34(22)33(20)46-31/h6-9,14-17,26-27,44-45,53H,2-5,10-13H2,1H3,(H,55,56)(H,46,47,54)/q-1. The number of fused-ring (bicyclic) bond motifs is 9. The third kappa shape index (κ3) is 6.12. The molecule has 19 nitrogen and oxygen atoms in total. The number of carbonyl (C=O) groups excluding carboxylic acids is 1. The Kier molecular flexibility index (Phi) is 8.70. The maximum atomic E-state index is 13.8. The van der Waals surface area contributed by atoms with Crippen molar-refractivity contribution >= 4 is 51.0 Å². The zero-order chi connectivity index (χ0) is 41.6. The molecule has 2 aliphatic carbocycles. The molecule has 19 heteroatoms. The maximum absolute atomic E-state index is 13.8. The van der Waals surface area contributed by atoms with Crippen molar-refractivity contribution in [1.82, 2.24) is 40.5 Å². The summed E-state index contributed by atoms with van der Waals surface area (Å²) in [5.41, 5.74) is 6.25. The van der Waals surface area contributed by atoms with Gasteiger partial charge in [0, 0.05) is 17.6 Å². The predicted molar refractivity (Wildman–Crippen MR) is 215 cm³/mol. The number of hydrogen-bond donors (Lipinski definition) is 5. The minimum Gasteiger partial charge on any atom is -0.501 e. The Labute approximate surface area is 339 Å². The van der Waals surface area contributed by atoms with Crippen molar-refractivity contribution in [3.63, 3.8) is 0 Å². The summed E-state index contributed by atoms with van der Waals surface area (Å²) in [7, 11) is 0. The number of anilines is 1. The molecule has 4 aliphatic rings. The lowest BCUT2D eigenvalue weighted by Gasteiger charge is -2.57. The number of non-ortho nitro benzene ring substituents is 1. The van der Waals surface area contributed by atoms with Gasteiger partial charge in [0.15, 0.2) is 5.65 Å². The average Bonchev–Trinajstić information content (AvgIpc) is 3.24. The number of amides is 1. The van der Waals surface area contributed by atoms with Crippen molar-refractivity contribution in [2.45, 2.75) is 57.5 Å². The number of nitrogens with one attached hydrogen (secondary N) is 3. The van der Waals surface area contributed by atoms with Gasteiger partial charge in [-0.2, -0.15) is 0 Å². The second kappa shape index (κ2) is 14.0. The number of nitro groups is 2. The number of aromatic nitrogens is 5. The van der Waals surface area contributed by atoms with E-state index in [-0.39, 0.29) is 34.4 Å². The number of nitrogens with zero attached hydrogens (tertiary/aromatic N) is 8. The summed E-state index contributed by atoms with van der Waals surface area (Å²) in [6.45, 7) is 3.43. The van der Waals surface area contributed by atoms with Crippen LogP contribution in [-0.4, -0.2) is 80.9 Å². The van der Waals surface area contributed by atoms with Gasteiger partial charge in [-0.15, -0.1) is 6.29 Å². The summed E-state index contributed by atoms with van der Waals surface area (Å²) in [5, 5.41) is 54.6. The van der Waals surface area contributed by atoms with E-state index in [1.54, 1.807) is 6.07 Å². The fourth-order valence-corrected chi connectivity index (χ4v) is 8.83. The third-order valence-corrected chi connectivity index (χ3v) is 12.0. The molecule has 10 rings (SSSR count). The Morgan fingerprint density at radius 1 is 0.817 bits per heavy atom. The van der Waals surface area contributed by atoms with E-state index >= 15 is 0 Å². The largest absolute Gasteiger partial charge is 0.501 e. The molecule has 2 fully saturated rings. The van der Waals surface area contributed by atoms with Crippen molar-refractivity contribution in [3.05, 3.63) is 114 Å². The van der Waals surface area contributed by atoms with Gasteiger partial charge in [0.2, 0.25) is 11.7 Å². The molecule has 5 N–H and O–H groups in total. The number of phenols is 1. The number of carboxylic acid groups (broad SMARTS) is 1. The van der Waals surface area contributed by atoms with E-state index in [0.29, 0.717) is 59.8 Å². The fourth-order valence-electron chi connectivity index (χ4n) is 8.83. The quantitative estimate of drug-likeness (QED) is 0.0858. The van der Waals surface area contributed by atoms with Crippen LogP contribution in [-0.2, 0) is 30.5 Å². The molecule has 2 unspecified atom stereocenters. The predicted octanol–water partition coefficient (Wildman–Crippen LogP) is 4.81. The highest BCUT2D eigenvalue weighted by Crippen LogP contribution is 2.43. The molecule has 5 aromatic heterocycles. The number of nitro benzene ring substituents is 2. The van der Waals surface area contributed by atoms with E-state index in [4.69, 9.17) is 15.0 Å². The average molecular weight is 809 g/mol. The molecule has 2 atom stereocenters. The van der Waals surface area contributed by atoms with E-state index in [9.17, 15) is 40.0 Å². The van der Waals surface area contributed by atoms with Crippen LogP contribution in [0.2, 0.25) is 0 Å². The number of pyridine rings is 5. The van der Waals surface area contributed by atoms with Gasteiger partial charge in [0.05, 0.1) is 50.1 Å². The highest BCUT2D eigenvalue weighted by Gasteiger charge is 2.32. The molecular weight excluding hydrogens is 775 g/mol. The molecule has 60 heavy (non-hydrogen) atoms. The molecule has 0 radical (unpaired) electrons. The van der Waals surface area contributed by atoms with Crippen LogP contribution in [0.4, 0.5) is 17.2 Å². The van der Waals surface area contributed by atoms with Crippen LogP contribution in [0.5, 0.6) is 5.75 Å². The molecular formula is C41H34N11O8-. The number of carboxylic acids is 1. The topological polar surface area (TPSA) is 265 Å². The number of aryl methyl sites for hydroxylation is 5. The molecule has 6 aromatic rings. The molecule has 2 aliphatic heterocycles. The Balaban J connectivity index is 0.873. The molecule has 1 amide bonds. The van der Waals surface area contributed by atoms with Gasteiger partial charge in [-0.3, -0.25) is 25.0 Å². The molecule has 2 saturated heterocycles. The lowest BCUT2D eigenvalue weighted by molar-refractivity contribution is -0.393.